The molecule has 3 nitrogen and oxygen atoms in total. The Hall–Kier alpha value is -1.71. The second-order valence-electron chi connectivity index (χ2n) is 8.66. The number of rotatable bonds is 4. The third-order valence-corrected chi connectivity index (χ3v) is 6.93. The van der Waals surface area contributed by atoms with Gasteiger partial charge in [-0.25, -0.2) is 0 Å². The summed E-state index contributed by atoms with van der Waals surface area (Å²) in [6.07, 6.45) is 2.74. The first-order valence-electron chi connectivity index (χ1n) is 9.57. The molecule has 2 saturated carbocycles. The Morgan fingerprint density at radius 2 is 1.85 bits per heavy atom. The number of aliphatic hydroxyl groups is 1. The van der Waals surface area contributed by atoms with Gasteiger partial charge in [-0.05, 0) is 36.8 Å². The predicted molar refractivity (Wildman–Crippen MR) is 102 cm³/mol. The van der Waals surface area contributed by atoms with Crippen molar-refractivity contribution in [3.63, 3.8) is 0 Å². The van der Waals surface area contributed by atoms with E-state index in [1.54, 1.807) is 7.11 Å². The Labute approximate surface area is 155 Å². The summed E-state index contributed by atoms with van der Waals surface area (Å²) in [5.74, 6) is -0.137. The van der Waals surface area contributed by atoms with Gasteiger partial charge in [-0.15, -0.1) is 0 Å². The summed E-state index contributed by atoms with van der Waals surface area (Å²) in [5.41, 5.74) is 3.46. The lowest BCUT2D eigenvalue weighted by atomic mass is 9.69. The number of hydrogen-bond donors (Lipinski definition) is 1. The van der Waals surface area contributed by atoms with Crippen LogP contribution < -0.4 is 0 Å². The molecule has 4 rings (SSSR count). The molecule has 0 bridgehead atoms. The van der Waals surface area contributed by atoms with Gasteiger partial charge in [-0.3, -0.25) is 4.79 Å². The fourth-order valence-corrected chi connectivity index (χ4v) is 5.32. The van der Waals surface area contributed by atoms with Gasteiger partial charge in [0.15, 0.2) is 5.78 Å². The van der Waals surface area contributed by atoms with Crippen LogP contribution in [0.5, 0.6) is 0 Å². The first-order valence-corrected chi connectivity index (χ1v) is 9.57. The number of aryl methyl sites for hydroxylation is 1. The van der Waals surface area contributed by atoms with Crippen molar-refractivity contribution < 1.29 is 14.6 Å². The predicted octanol–water partition coefficient (Wildman–Crippen LogP) is 3.87. The minimum atomic E-state index is -0.691. The fraction of sp³-hybridized carbons (Fsp3) is 0.522. The normalized spacial score (nSPS) is 31.5. The first-order chi connectivity index (χ1) is 12.3. The quantitative estimate of drug-likeness (QED) is 0.837. The standard InChI is InChI=1S/C23H28O3/c1-14-19(24)18-17(20(25)22(2,3)21(18)26-4)16(23(14)12-13-23)11-10-15-8-6-5-7-9-15/h5-9,18-19,21,24H,1,10-13H2,2-4H3. The molecule has 1 aromatic carbocycles. The average Bonchev–Trinajstić information content (AvgIpc) is 3.39. The van der Waals surface area contributed by atoms with Crippen molar-refractivity contribution in [2.75, 3.05) is 7.11 Å². The SMILES string of the molecule is C=C1C(O)C2C(=C(CCc3ccccc3)C13CC3)C(=O)C(C)(C)C2OC. The van der Waals surface area contributed by atoms with Gasteiger partial charge in [-0.2, -0.15) is 0 Å². The topological polar surface area (TPSA) is 46.5 Å². The molecule has 0 heterocycles. The molecule has 0 saturated heterocycles. The highest BCUT2D eigenvalue weighted by molar-refractivity contribution is 6.05. The molecule has 1 spiro atoms. The van der Waals surface area contributed by atoms with Gasteiger partial charge < -0.3 is 9.84 Å². The number of benzene rings is 1. The average molecular weight is 352 g/mol. The van der Waals surface area contributed by atoms with Crippen molar-refractivity contribution >= 4 is 5.78 Å². The van der Waals surface area contributed by atoms with E-state index < -0.39 is 11.5 Å². The smallest absolute Gasteiger partial charge is 0.167 e. The number of ether oxygens (including phenoxy) is 1. The van der Waals surface area contributed by atoms with Gasteiger partial charge in [0, 0.05) is 24.0 Å². The molecule has 2 fully saturated rings. The van der Waals surface area contributed by atoms with E-state index in [1.165, 1.54) is 11.1 Å². The van der Waals surface area contributed by atoms with Crippen molar-refractivity contribution in [3.8, 4) is 0 Å². The number of carbonyl (C=O) groups is 1. The van der Waals surface area contributed by atoms with Crippen LogP contribution in [0.4, 0.5) is 0 Å². The molecule has 3 aliphatic carbocycles. The molecular weight excluding hydrogens is 324 g/mol. The molecular formula is C23H28O3. The molecule has 1 aromatic rings. The van der Waals surface area contributed by atoms with Gasteiger partial charge in [0.1, 0.15) is 0 Å². The minimum absolute atomic E-state index is 0.148. The zero-order chi connectivity index (χ0) is 18.7. The lowest BCUT2D eigenvalue weighted by Crippen LogP contribution is -2.41. The summed E-state index contributed by atoms with van der Waals surface area (Å²) < 4.78 is 5.73. The Bertz CT molecular complexity index is 783. The largest absolute Gasteiger partial charge is 0.388 e. The molecule has 3 heteroatoms. The highest BCUT2D eigenvalue weighted by atomic mass is 16.5. The summed E-state index contributed by atoms with van der Waals surface area (Å²) in [6, 6.07) is 10.4. The number of Topliss-reactive ketones (excluding diaryl/α,β-unsaturated/α-hetero) is 1. The van der Waals surface area contributed by atoms with Crippen LogP contribution in [0.25, 0.3) is 0 Å². The molecule has 3 unspecified atom stereocenters. The summed E-state index contributed by atoms with van der Waals surface area (Å²) in [6.45, 7) is 8.15. The second-order valence-corrected chi connectivity index (χ2v) is 8.66. The highest BCUT2D eigenvalue weighted by Crippen LogP contribution is 2.66. The number of hydrogen-bond acceptors (Lipinski definition) is 3. The number of methoxy groups -OCH3 is 1. The Kier molecular flexibility index (Phi) is 4.01. The van der Waals surface area contributed by atoms with E-state index in [9.17, 15) is 9.90 Å². The van der Waals surface area contributed by atoms with Gasteiger partial charge in [0.05, 0.1) is 17.6 Å². The van der Waals surface area contributed by atoms with Crippen LogP contribution in [0.15, 0.2) is 53.6 Å². The molecule has 0 amide bonds. The maximum atomic E-state index is 13.3. The highest BCUT2D eigenvalue weighted by Gasteiger charge is 2.64. The third-order valence-electron chi connectivity index (χ3n) is 6.93. The zero-order valence-corrected chi connectivity index (χ0v) is 15.9. The monoisotopic (exact) mass is 352 g/mol. The third kappa shape index (κ3) is 2.30. The van der Waals surface area contributed by atoms with Gasteiger partial charge in [0.2, 0.25) is 0 Å². The van der Waals surface area contributed by atoms with E-state index in [1.807, 2.05) is 19.9 Å². The van der Waals surface area contributed by atoms with Crippen LogP contribution in [-0.2, 0) is 16.0 Å². The molecule has 0 radical (unpaired) electrons. The van der Waals surface area contributed by atoms with Gasteiger partial charge >= 0.3 is 0 Å². The maximum absolute atomic E-state index is 13.3. The van der Waals surface area contributed by atoms with Crippen LogP contribution in [0.1, 0.15) is 38.7 Å². The van der Waals surface area contributed by atoms with Crippen molar-refractivity contribution in [1.29, 1.82) is 0 Å². The summed E-state index contributed by atoms with van der Waals surface area (Å²) in [7, 11) is 1.64. The summed E-state index contributed by atoms with van der Waals surface area (Å²) in [4.78, 5) is 13.3. The van der Waals surface area contributed by atoms with Crippen molar-refractivity contribution in [2.45, 2.75) is 51.7 Å². The van der Waals surface area contributed by atoms with E-state index in [2.05, 4.69) is 30.8 Å². The number of fused-ring (bicyclic) bond motifs is 1. The lowest BCUT2D eigenvalue weighted by molar-refractivity contribution is -0.126. The molecule has 0 aliphatic heterocycles. The first kappa shape index (κ1) is 17.7. The van der Waals surface area contributed by atoms with Crippen molar-refractivity contribution in [3.05, 3.63) is 59.2 Å². The number of aliphatic hydroxyl groups excluding tert-OH is 1. The van der Waals surface area contributed by atoms with Crippen molar-refractivity contribution in [2.24, 2.45) is 16.7 Å². The van der Waals surface area contributed by atoms with Crippen LogP contribution in [-0.4, -0.2) is 30.2 Å². The molecule has 26 heavy (non-hydrogen) atoms. The van der Waals surface area contributed by atoms with E-state index >= 15 is 0 Å². The van der Waals surface area contributed by atoms with E-state index in [0.29, 0.717) is 0 Å². The maximum Gasteiger partial charge on any atom is 0.167 e. The van der Waals surface area contributed by atoms with Crippen LogP contribution in [0, 0.1) is 16.7 Å². The number of ketones is 1. The second kappa shape index (κ2) is 5.90. The Morgan fingerprint density at radius 1 is 1.19 bits per heavy atom. The lowest BCUT2D eigenvalue weighted by Gasteiger charge is -2.39. The zero-order valence-electron chi connectivity index (χ0n) is 15.9. The van der Waals surface area contributed by atoms with Crippen LogP contribution in [0.3, 0.4) is 0 Å². The van der Waals surface area contributed by atoms with Gasteiger partial charge in [0.25, 0.3) is 0 Å². The molecule has 3 aliphatic rings. The van der Waals surface area contributed by atoms with Crippen molar-refractivity contribution in [1.82, 2.24) is 0 Å². The van der Waals surface area contributed by atoms with E-state index in [-0.39, 0.29) is 23.2 Å². The van der Waals surface area contributed by atoms with Gasteiger partial charge in [-0.1, -0.05) is 56.3 Å². The summed E-state index contributed by atoms with van der Waals surface area (Å²) in [5, 5.41) is 11.0. The summed E-state index contributed by atoms with van der Waals surface area (Å²) >= 11 is 0. The van der Waals surface area contributed by atoms with Crippen LogP contribution in [0.2, 0.25) is 0 Å². The Morgan fingerprint density at radius 3 is 2.42 bits per heavy atom. The molecule has 3 atom stereocenters. The van der Waals surface area contributed by atoms with E-state index in [0.717, 1.165) is 36.8 Å². The number of allylic oxidation sites excluding steroid dienone is 1. The minimum Gasteiger partial charge on any atom is -0.388 e. The van der Waals surface area contributed by atoms with Crippen LogP contribution >= 0.6 is 0 Å². The Balaban J connectivity index is 1.80. The number of carbonyl (C=O) groups excluding carboxylic acids is 1. The molecule has 138 valence electrons. The molecule has 0 aromatic heterocycles. The van der Waals surface area contributed by atoms with E-state index in [4.69, 9.17) is 4.74 Å². The fourth-order valence-electron chi connectivity index (χ4n) is 5.32. The molecule has 1 N–H and O–H groups in total.